The van der Waals surface area contributed by atoms with Crippen LogP contribution in [0.2, 0.25) is 10.2 Å². The van der Waals surface area contributed by atoms with Crippen LogP contribution in [-0.4, -0.2) is 30.4 Å². The lowest BCUT2D eigenvalue weighted by Gasteiger charge is -2.10. The zero-order valence-corrected chi connectivity index (χ0v) is 19.2. The van der Waals surface area contributed by atoms with Crippen LogP contribution >= 0.6 is 23.2 Å². The largest absolute Gasteiger partial charge is 0.268 e. The predicted molar refractivity (Wildman–Crippen MR) is 124 cm³/mol. The van der Waals surface area contributed by atoms with Gasteiger partial charge in [-0.05, 0) is 36.2 Å². The third-order valence-electron chi connectivity index (χ3n) is 4.81. The van der Waals surface area contributed by atoms with Crippen molar-refractivity contribution in [2.45, 2.75) is 6.92 Å². The van der Waals surface area contributed by atoms with E-state index in [1.807, 2.05) is 43.3 Å². The maximum absolute atomic E-state index is 14.7. The Morgan fingerprint density at radius 3 is 2.34 bits per heavy atom. The van der Waals surface area contributed by atoms with Gasteiger partial charge in [-0.1, -0.05) is 59.1 Å². The van der Waals surface area contributed by atoms with Gasteiger partial charge in [0.1, 0.15) is 5.82 Å². The second-order valence-electron chi connectivity index (χ2n) is 7.29. The molecule has 0 aliphatic heterocycles. The van der Waals surface area contributed by atoms with Crippen molar-refractivity contribution in [2.75, 3.05) is 6.26 Å². The highest BCUT2D eigenvalue weighted by Crippen LogP contribution is 2.33. The number of amides is 1. The van der Waals surface area contributed by atoms with Crippen molar-refractivity contribution >= 4 is 50.0 Å². The summed E-state index contributed by atoms with van der Waals surface area (Å²) in [6.07, 6.45) is 0.793. The molecule has 1 amide bonds. The summed E-state index contributed by atoms with van der Waals surface area (Å²) in [5.74, 6) is -2.08. The van der Waals surface area contributed by atoms with Gasteiger partial charge in [0.25, 0.3) is 5.91 Å². The van der Waals surface area contributed by atoms with Gasteiger partial charge < -0.3 is 0 Å². The molecule has 0 saturated carbocycles. The van der Waals surface area contributed by atoms with Crippen molar-refractivity contribution in [1.82, 2.24) is 14.5 Å². The fourth-order valence-electron chi connectivity index (χ4n) is 3.29. The summed E-state index contributed by atoms with van der Waals surface area (Å²) in [4.78, 5) is 12.1. The van der Waals surface area contributed by atoms with Crippen LogP contribution < -0.4 is 4.72 Å². The molecule has 0 aliphatic rings. The van der Waals surface area contributed by atoms with E-state index in [2.05, 4.69) is 5.10 Å². The molecule has 1 N–H and O–H groups in total. The van der Waals surface area contributed by atoms with Crippen LogP contribution in [0.15, 0.2) is 54.6 Å². The highest BCUT2D eigenvalue weighted by atomic mass is 35.5. The molecular formula is C22H16Cl2FN3O3S. The number of nitrogens with one attached hydrogen (secondary N) is 1. The molecule has 0 fully saturated rings. The van der Waals surface area contributed by atoms with Crippen LogP contribution in [0.25, 0.3) is 27.7 Å². The Labute approximate surface area is 193 Å². The number of sulfonamides is 1. The quantitative estimate of drug-likeness (QED) is 0.428. The van der Waals surface area contributed by atoms with Gasteiger partial charge >= 0.3 is 0 Å². The molecule has 164 valence electrons. The molecular weight excluding hydrogens is 476 g/mol. The van der Waals surface area contributed by atoms with Gasteiger partial charge in [-0.25, -0.2) is 22.2 Å². The van der Waals surface area contributed by atoms with Crippen molar-refractivity contribution in [1.29, 1.82) is 0 Å². The van der Waals surface area contributed by atoms with E-state index in [1.54, 1.807) is 10.8 Å². The summed E-state index contributed by atoms with van der Waals surface area (Å²) < 4.78 is 40.3. The fourth-order valence-corrected chi connectivity index (χ4v) is 4.20. The Hall–Kier alpha value is -2.94. The van der Waals surface area contributed by atoms with Crippen molar-refractivity contribution in [3.63, 3.8) is 0 Å². The first-order valence-corrected chi connectivity index (χ1v) is 11.9. The molecule has 3 aromatic carbocycles. The predicted octanol–water partition coefficient (Wildman–Crippen LogP) is 5.14. The average molecular weight is 492 g/mol. The van der Waals surface area contributed by atoms with Crippen LogP contribution in [0.4, 0.5) is 4.39 Å². The minimum atomic E-state index is -3.86. The Kier molecular flexibility index (Phi) is 5.70. The molecule has 4 aromatic rings. The van der Waals surface area contributed by atoms with Crippen LogP contribution in [0, 0.1) is 12.7 Å². The molecule has 1 heterocycles. The number of fused-ring (bicyclic) bond motifs is 1. The standard InChI is InChI=1S/C22H16Cl2FN3O3S/c1-12-3-5-13(6-4-12)14-7-8-19-16(9-14)21(24)26-28(19)20-11-18(25)15(10-17(20)23)22(29)27-32(2,30)31/h3-11H,1-2H3,(H,27,29). The topological polar surface area (TPSA) is 81.1 Å². The number of hydrogen-bond donors (Lipinski definition) is 1. The van der Waals surface area contributed by atoms with Crippen LogP contribution in [-0.2, 0) is 10.0 Å². The minimum Gasteiger partial charge on any atom is -0.268 e. The number of rotatable bonds is 4. The van der Waals surface area contributed by atoms with Crippen LogP contribution in [0.3, 0.4) is 0 Å². The summed E-state index contributed by atoms with van der Waals surface area (Å²) in [6, 6.07) is 15.6. The van der Waals surface area contributed by atoms with Gasteiger partial charge in [0.2, 0.25) is 10.0 Å². The first kappa shape index (κ1) is 22.3. The highest BCUT2D eigenvalue weighted by molar-refractivity contribution is 7.89. The number of carbonyl (C=O) groups is 1. The summed E-state index contributed by atoms with van der Waals surface area (Å²) in [7, 11) is -3.86. The first-order valence-electron chi connectivity index (χ1n) is 9.30. The van der Waals surface area contributed by atoms with Gasteiger partial charge in [0.05, 0.1) is 28.0 Å². The lowest BCUT2D eigenvalue weighted by Crippen LogP contribution is -2.30. The van der Waals surface area contributed by atoms with Gasteiger partial charge in [-0.15, -0.1) is 0 Å². The molecule has 0 atom stereocenters. The number of aryl methyl sites for hydroxylation is 1. The fraction of sp³-hybridized carbons (Fsp3) is 0.0909. The minimum absolute atomic E-state index is 0.00581. The van der Waals surface area contributed by atoms with Gasteiger partial charge in [0.15, 0.2) is 5.15 Å². The number of hydrogen-bond acceptors (Lipinski definition) is 4. The van der Waals surface area contributed by atoms with E-state index >= 15 is 0 Å². The number of nitrogens with zero attached hydrogens (tertiary/aromatic N) is 2. The molecule has 0 unspecified atom stereocenters. The van der Waals surface area contributed by atoms with E-state index in [1.165, 1.54) is 4.68 Å². The molecule has 0 spiro atoms. The highest BCUT2D eigenvalue weighted by Gasteiger charge is 2.21. The smallest absolute Gasteiger partial charge is 0.267 e. The lowest BCUT2D eigenvalue weighted by molar-refractivity contribution is 0.0978. The van der Waals surface area contributed by atoms with Gasteiger partial charge in [-0.3, -0.25) is 4.79 Å². The Morgan fingerprint density at radius 2 is 1.69 bits per heavy atom. The SMILES string of the molecule is Cc1ccc(-c2ccc3c(c2)c(Cl)nn3-c2cc(F)c(C(=O)NS(C)(=O)=O)cc2Cl)cc1. The molecule has 10 heteroatoms. The molecule has 6 nitrogen and oxygen atoms in total. The molecule has 4 rings (SSSR count). The lowest BCUT2D eigenvalue weighted by atomic mass is 10.0. The number of carbonyl (C=O) groups excluding carboxylic acids is 1. The van der Waals surface area contributed by atoms with Gasteiger partial charge in [0, 0.05) is 11.5 Å². The van der Waals surface area contributed by atoms with Crippen molar-refractivity contribution < 1.29 is 17.6 Å². The van der Waals surface area contributed by atoms with Crippen molar-refractivity contribution in [3.8, 4) is 16.8 Å². The third kappa shape index (κ3) is 4.34. The Morgan fingerprint density at radius 1 is 1.03 bits per heavy atom. The molecule has 0 saturated heterocycles. The zero-order chi connectivity index (χ0) is 23.2. The van der Waals surface area contributed by atoms with E-state index in [4.69, 9.17) is 23.2 Å². The number of benzene rings is 3. The molecule has 0 bridgehead atoms. The first-order chi connectivity index (χ1) is 15.0. The third-order valence-corrected chi connectivity index (χ3v) is 5.95. The molecule has 1 aromatic heterocycles. The van der Waals surface area contributed by atoms with E-state index in [-0.39, 0.29) is 15.9 Å². The summed E-state index contributed by atoms with van der Waals surface area (Å²) >= 11 is 12.7. The summed E-state index contributed by atoms with van der Waals surface area (Å²) in [6.45, 7) is 2.01. The van der Waals surface area contributed by atoms with E-state index in [0.717, 1.165) is 35.1 Å². The van der Waals surface area contributed by atoms with Crippen LogP contribution in [0.5, 0.6) is 0 Å². The van der Waals surface area contributed by atoms with E-state index < -0.39 is 27.3 Å². The van der Waals surface area contributed by atoms with Crippen molar-refractivity contribution in [3.05, 3.63) is 81.7 Å². The summed E-state index contributed by atoms with van der Waals surface area (Å²) in [5, 5.41) is 5.11. The van der Waals surface area contributed by atoms with Crippen LogP contribution in [0.1, 0.15) is 15.9 Å². The molecule has 0 aliphatic carbocycles. The number of aromatic nitrogens is 2. The Balaban J connectivity index is 1.79. The average Bonchev–Trinajstić information content (AvgIpc) is 3.04. The zero-order valence-electron chi connectivity index (χ0n) is 16.9. The summed E-state index contributed by atoms with van der Waals surface area (Å²) in [5.41, 5.74) is 3.32. The maximum Gasteiger partial charge on any atom is 0.267 e. The second-order valence-corrected chi connectivity index (χ2v) is 9.80. The van der Waals surface area contributed by atoms with E-state index in [9.17, 15) is 17.6 Å². The monoisotopic (exact) mass is 491 g/mol. The normalized spacial score (nSPS) is 11.7. The number of halogens is 3. The molecule has 32 heavy (non-hydrogen) atoms. The maximum atomic E-state index is 14.7. The molecule has 0 radical (unpaired) electrons. The van der Waals surface area contributed by atoms with Gasteiger partial charge in [-0.2, -0.15) is 5.10 Å². The Bertz CT molecular complexity index is 1480. The van der Waals surface area contributed by atoms with Crippen molar-refractivity contribution in [2.24, 2.45) is 0 Å². The second kappa shape index (κ2) is 8.20. The van der Waals surface area contributed by atoms with E-state index in [0.29, 0.717) is 10.9 Å².